The van der Waals surface area contributed by atoms with Gasteiger partial charge in [-0.15, -0.1) is 0 Å². The predicted molar refractivity (Wildman–Crippen MR) is 49.5 cm³/mol. The summed E-state index contributed by atoms with van der Waals surface area (Å²) in [5, 5.41) is 9.58. The Morgan fingerprint density at radius 1 is 1.33 bits per heavy atom. The average molecular weight is 226 g/mol. The Morgan fingerprint density at radius 3 is 2.60 bits per heavy atom. The van der Waals surface area contributed by atoms with Crippen molar-refractivity contribution in [1.29, 1.82) is 0 Å². The van der Waals surface area contributed by atoms with Crippen LogP contribution in [0.4, 0.5) is 13.2 Å². The molecule has 1 aliphatic heterocycles. The monoisotopic (exact) mass is 226 g/mol. The zero-order valence-electron chi connectivity index (χ0n) is 8.59. The van der Waals surface area contributed by atoms with E-state index in [9.17, 15) is 18.3 Å². The number of alkyl halides is 3. The summed E-state index contributed by atoms with van der Waals surface area (Å²) in [7, 11) is 0. The summed E-state index contributed by atoms with van der Waals surface area (Å²) in [4.78, 5) is 0. The molecular weight excluding hydrogens is 209 g/mol. The van der Waals surface area contributed by atoms with Crippen molar-refractivity contribution >= 4 is 0 Å². The molecule has 0 bridgehead atoms. The van der Waals surface area contributed by atoms with Crippen molar-refractivity contribution in [3.8, 4) is 0 Å². The Kier molecular flexibility index (Phi) is 4.86. The summed E-state index contributed by atoms with van der Waals surface area (Å²) in [5.41, 5.74) is 0. The number of rotatable bonds is 4. The van der Waals surface area contributed by atoms with Gasteiger partial charge in [0.1, 0.15) is 0 Å². The van der Waals surface area contributed by atoms with E-state index in [1.807, 2.05) is 0 Å². The van der Waals surface area contributed by atoms with Gasteiger partial charge in [0.25, 0.3) is 0 Å². The summed E-state index contributed by atoms with van der Waals surface area (Å²) < 4.78 is 40.8. The molecule has 1 fully saturated rings. The molecule has 1 rings (SSSR count). The van der Waals surface area contributed by atoms with Gasteiger partial charge in [0.15, 0.2) is 0 Å². The van der Waals surface area contributed by atoms with Crippen LogP contribution in [-0.4, -0.2) is 30.1 Å². The Morgan fingerprint density at radius 2 is 2.07 bits per heavy atom. The van der Waals surface area contributed by atoms with Gasteiger partial charge in [0.2, 0.25) is 0 Å². The summed E-state index contributed by atoms with van der Waals surface area (Å²) in [6.07, 6.45) is -3.07. The third kappa shape index (κ3) is 5.37. The standard InChI is InChI=1S/C10H17F3O2/c11-10(12,13)6-3-4-8(14)9-5-1-2-7-15-9/h8-9,14H,1-7H2. The van der Waals surface area contributed by atoms with Crippen LogP contribution in [0.15, 0.2) is 0 Å². The van der Waals surface area contributed by atoms with Crippen LogP contribution in [0, 0.1) is 0 Å². The third-order valence-electron chi connectivity index (χ3n) is 2.60. The molecule has 2 unspecified atom stereocenters. The second-order valence-electron chi connectivity index (χ2n) is 3.98. The number of aliphatic hydroxyl groups excluding tert-OH is 1. The fourth-order valence-corrected chi connectivity index (χ4v) is 1.77. The quantitative estimate of drug-likeness (QED) is 0.798. The highest BCUT2D eigenvalue weighted by Crippen LogP contribution is 2.24. The molecule has 1 aliphatic rings. The number of aliphatic hydroxyl groups is 1. The molecule has 1 heterocycles. The zero-order chi connectivity index (χ0) is 11.3. The second-order valence-corrected chi connectivity index (χ2v) is 3.98. The first-order valence-corrected chi connectivity index (χ1v) is 5.35. The molecule has 15 heavy (non-hydrogen) atoms. The van der Waals surface area contributed by atoms with E-state index in [4.69, 9.17) is 4.74 Å². The lowest BCUT2D eigenvalue weighted by Crippen LogP contribution is -2.32. The molecule has 2 atom stereocenters. The van der Waals surface area contributed by atoms with E-state index in [1.54, 1.807) is 0 Å². The van der Waals surface area contributed by atoms with Crippen LogP contribution in [0.2, 0.25) is 0 Å². The van der Waals surface area contributed by atoms with E-state index in [-0.39, 0.29) is 18.9 Å². The van der Waals surface area contributed by atoms with Gasteiger partial charge in [-0.25, -0.2) is 0 Å². The average Bonchev–Trinajstić information content (AvgIpc) is 2.17. The number of hydrogen-bond donors (Lipinski definition) is 1. The van der Waals surface area contributed by atoms with Crippen LogP contribution in [0.3, 0.4) is 0 Å². The smallest absolute Gasteiger partial charge is 0.389 e. The molecule has 0 radical (unpaired) electrons. The Balaban J connectivity index is 2.14. The maximum absolute atomic E-state index is 11.8. The van der Waals surface area contributed by atoms with Crippen molar-refractivity contribution < 1.29 is 23.0 Å². The summed E-state index contributed by atoms with van der Waals surface area (Å²) >= 11 is 0. The van der Waals surface area contributed by atoms with E-state index in [0.717, 1.165) is 19.3 Å². The maximum Gasteiger partial charge on any atom is 0.389 e. The maximum atomic E-state index is 11.8. The fraction of sp³-hybridized carbons (Fsp3) is 1.00. The van der Waals surface area contributed by atoms with Gasteiger partial charge in [0.05, 0.1) is 12.2 Å². The lowest BCUT2D eigenvalue weighted by atomic mass is 10.00. The van der Waals surface area contributed by atoms with Gasteiger partial charge in [-0.05, 0) is 32.1 Å². The molecule has 0 aromatic carbocycles. The molecule has 2 nitrogen and oxygen atoms in total. The van der Waals surface area contributed by atoms with Crippen molar-refractivity contribution in [2.24, 2.45) is 0 Å². The van der Waals surface area contributed by atoms with Crippen molar-refractivity contribution in [2.75, 3.05) is 6.61 Å². The highest BCUT2D eigenvalue weighted by atomic mass is 19.4. The zero-order valence-corrected chi connectivity index (χ0v) is 8.59. The van der Waals surface area contributed by atoms with Crippen molar-refractivity contribution in [1.82, 2.24) is 0 Å². The molecule has 1 saturated heterocycles. The highest BCUT2D eigenvalue weighted by molar-refractivity contribution is 4.72. The topological polar surface area (TPSA) is 29.5 Å². The lowest BCUT2D eigenvalue weighted by molar-refractivity contribution is -0.138. The molecule has 0 aromatic heterocycles. The number of hydrogen-bond acceptors (Lipinski definition) is 2. The van der Waals surface area contributed by atoms with E-state index >= 15 is 0 Å². The van der Waals surface area contributed by atoms with E-state index < -0.39 is 18.7 Å². The molecule has 0 saturated carbocycles. The minimum atomic E-state index is -4.12. The fourth-order valence-electron chi connectivity index (χ4n) is 1.77. The molecule has 0 aromatic rings. The highest BCUT2D eigenvalue weighted by Gasteiger charge is 2.28. The van der Waals surface area contributed by atoms with Crippen molar-refractivity contribution in [3.05, 3.63) is 0 Å². The first kappa shape index (κ1) is 12.8. The van der Waals surface area contributed by atoms with Crippen LogP contribution in [0.5, 0.6) is 0 Å². The summed E-state index contributed by atoms with van der Waals surface area (Å²) in [5.74, 6) is 0. The molecule has 0 aliphatic carbocycles. The minimum absolute atomic E-state index is 0.0233. The van der Waals surface area contributed by atoms with Gasteiger partial charge < -0.3 is 9.84 Å². The van der Waals surface area contributed by atoms with Gasteiger partial charge >= 0.3 is 6.18 Å². The Bertz CT molecular complexity index is 176. The van der Waals surface area contributed by atoms with Crippen LogP contribution >= 0.6 is 0 Å². The first-order chi connectivity index (χ1) is 6.99. The van der Waals surface area contributed by atoms with Gasteiger partial charge in [0, 0.05) is 13.0 Å². The van der Waals surface area contributed by atoms with Gasteiger partial charge in [-0.3, -0.25) is 0 Å². The van der Waals surface area contributed by atoms with E-state index in [2.05, 4.69) is 0 Å². The van der Waals surface area contributed by atoms with Gasteiger partial charge in [-0.1, -0.05) is 0 Å². The van der Waals surface area contributed by atoms with Crippen LogP contribution in [-0.2, 0) is 4.74 Å². The van der Waals surface area contributed by atoms with Crippen LogP contribution < -0.4 is 0 Å². The molecule has 5 heteroatoms. The number of halogens is 3. The van der Waals surface area contributed by atoms with E-state index in [0.29, 0.717) is 6.61 Å². The van der Waals surface area contributed by atoms with Crippen molar-refractivity contribution in [2.45, 2.75) is 56.9 Å². The third-order valence-corrected chi connectivity index (χ3v) is 2.60. The lowest BCUT2D eigenvalue weighted by Gasteiger charge is -2.27. The first-order valence-electron chi connectivity index (χ1n) is 5.35. The summed E-state index contributed by atoms with van der Waals surface area (Å²) in [6, 6.07) is 0. The predicted octanol–water partition coefficient (Wildman–Crippen LogP) is 2.65. The second kappa shape index (κ2) is 5.70. The Hall–Kier alpha value is -0.290. The minimum Gasteiger partial charge on any atom is -0.390 e. The summed E-state index contributed by atoms with van der Waals surface area (Å²) in [6.45, 7) is 0.612. The van der Waals surface area contributed by atoms with Crippen molar-refractivity contribution in [3.63, 3.8) is 0 Å². The largest absolute Gasteiger partial charge is 0.390 e. The normalized spacial score (nSPS) is 25.2. The van der Waals surface area contributed by atoms with Gasteiger partial charge in [-0.2, -0.15) is 13.2 Å². The molecule has 0 amide bonds. The Labute approximate surface area is 87.4 Å². The molecule has 90 valence electrons. The molecular formula is C10H17F3O2. The SMILES string of the molecule is OC(CCCC(F)(F)F)C1CCCCO1. The van der Waals surface area contributed by atoms with Crippen LogP contribution in [0.1, 0.15) is 38.5 Å². The van der Waals surface area contributed by atoms with E-state index in [1.165, 1.54) is 0 Å². The molecule has 1 N–H and O–H groups in total. The molecule has 0 spiro atoms. The van der Waals surface area contributed by atoms with Crippen LogP contribution in [0.25, 0.3) is 0 Å². The number of ether oxygens (including phenoxy) is 1.